The van der Waals surface area contributed by atoms with Gasteiger partial charge in [-0.3, -0.25) is 4.90 Å². The van der Waals surface area contributed by atoms with E-state index in [2.05, 4.69) is 6.92 Å². The summed E-state index contributed by atoms with van der Waals surface area (Å²) in [6.45, 7) is 3.96. The highest BCUT2D eigenvalue weighted by atomic mass is 16.2. The molecule has 2 rings (SSSR count). The van der Waals surface area contributed by atoms with Gasteiger partial charge in [-0.2, -0.15) is 0 Å². The molecule has 4 nitrogen and oxygen atoms in total. The molecule has 4 heteroatoms. The molecule has 1 fully saturated rings. The Morgan fingerprint density at radius 2 is 1.83 bits per heavy atom. The summed E-state index contributed by atoms with van der Waals surface area (Å²) in [4.78, 5) is 15.9. The van der Waals surface area contributed by atoms with Crippen molar-refractivity contribution < 1.29 is 4.79 Å². The van der Waals surface area contributed by atoms with Crippen LogP contribution in [0, 0.1) is 5.92 Å². The molecular weight excluding hydrogens is 226 g/mol. The van der Waals surface area contributed by atoms with E-state index < -0.39 is 0 Å². The largest absolute Gasteiger partial charge is 0.399 e. The monoisotopic (exact) mass is 247 g/mol. The Labute approximate surface area is 108 Å². The topological polar surface area (TPSA) is 49.6 Å². The third kappa shape index (κ3) is 2.75. The minimum atomic E-state index is 0.0756. The standard InChI is InChI=1S/C14H21N3O/c1-11-7-9-17(10-8-11)14(18)16(2)13-5-3-12(15)4-6-13/h3-6,11H,7-10,15H2,1-2H3. The van der Waals surface area contributed by atoms with Gasteiger partial charge in [0.1, 0.15) is 0 Å². The number of benzene rings is 1. The van der Waals surface area contributed by atoms with Crippen LogP contribution in [0.25, 0.3) is 0 Å². The number of nitrogens with two attached hydrogens (primary N) is 1. The fourth-order valence-corrected chi connectivity index (χ4v) is 2.22. The van der Waals surface area contributed by atoms with E-state index in [1.807, 2.05) is 36.2 Å². The summed E-state index contributed by atoms with van der Waals surface area (Å²) in [5.74, 6) is 0.732. The number of piperidine rings is 1. The Bertz CT molecular complexity index is 408. The van der Waals surface area contributed by atoms with Gasteiger partial charge in [0.05, 0.1) is 0 Å². The number of carbonyl (C=O) groups excluding carboxylic acids is 1. The maximum Gasteiger partial charge on any atom is 0.324 e. The average molecular weight is 247 g/mol. The van der Waals surface area contributed by atoms with Crippen molar-refractivity contribution in [3.8, 4) is 0 Å². The first-order chi connectivity index (χ1) is 8.58. The normalized spacial score (nSPS) is 16.7. The third-order valence-electron chi connectivity index (χ3n) is 3.62. The highest BCUT2D eigenvalue weighted by Gasteiger charge is 2.23. The quantitative estimate of drug-likeness (QED) is 0.775. The molecule has 1 aromatic carbocycles. The molecule has 1 aliphatic heterocycles. The van der Waals surface area contributed by atoms with Crippen LogP contribution in [0.1, 0.15) is 19.8 Å². The Hall–Kier alpha value is -1.71. The van der Waals surface area contributed by atoms with Crippen molar-refractivity contribution in [2.45, 2.75) is 19.8 Å². The number of hydrogen-bond donors (Lipinski definition) is 1. The molecule has 0 saturated carbocycles. The van der Waals surface area contributed by atoms with Gasteiger partial charge in [-0.25, -0.2) is 4.79 Å². The van der Waals surface area contributed by atoms with Crippen molar-refractivity contribution in [2.75, 3.05) is 30.8 Å². The summed E-state index contributed by atoms with van der Waals surface area (Å²) >= 11 is 0. The lowest BCUT2D eigenvalue weighted by molar-refractivity contribution is 0.181. The maximum atomic E-state index is 12.3. The first kappa shape index (κ1) is 12.7. The van der Waals surface area contributed by atoms with E-state index in [1.54, 1.807) is 4.90 Å². The predicted molar refractivity (Wildman–Crippen MR) is 74.6 cm³/mol. The molecule has 0 bridgehead atoms. The Morgan fingerprint density at radius 1 is 1.28 bits per heavy atom. The second-order valence-electron chi connectivity index (χ2n) is 5.10. The molecule has 0 spiro atoms. The predicted octanol–water partition coefficient (Wildman–Crippen LogP) is 2.56. The van der Waals surface area contributed by atoms with E-state index in [-0.39, 0.29) is 6.03 Å². The number of rotatable bonds is 1. The van der Waals surface area contributed by atoms with Gasteiger partial charge < -0.3 is 10.6 Å². The first-order valence-electron chi connectivity index (χ1n) is 6.46. The van der Waals surface area contributed by atoms with Crippen LogP contribution in [-0.4, -0.2) is 31.1 Å². The van der Waals surface area contributed by atoms with Crippen LogP contribution in [-0.2, 0) is 0 Å². The first-order valence-corrected chi connectivity index (χ1v) is 6.46. The number of carbonyl (C=O) groups is 1. The van der Waals surface area contributed by atoms with Crippen molar-refractivity contribution in [2.24, 2.45) is 5.92 Å². The molecule has 0 atom stereocenters. The minimum Gasteiger partial charge on any atom is -0.399 e. The molecule has 2 N–H and O–H groups in total. The highest BCUT2D eigenvalue weighted by molar-refractivity contribution is 5.91. The summed E-state index contributed by atoms with van der Waals surface area (Å²) in [6.07, 6.45) is 2.20. The molecule has 0 aliphatic carbocycles. The summed E-state index contributed by atoms with van der Waals surface area (Å²) in [7, 11) is 1.81. The fourth-order valence-electron chi connectivity index (χ4n) is 2.22. The molecule has 0 aromatic heterocycles. The van der Waals surface area contributed by atoms with Gasteiger partial charge in [0, 0.05) is 31.5 Å². The lowest BCUT2D eigenvalue weighted by Gasteiger charge is -2.33. The van der Waals surface area contributed by atoms with Crippen molar-refractivity contribution in [1.82, 2.24) is 4.90 Å². The molecule has 1 aromatic rings. The van der Waals surface area contributed by atoms with E-state index in [4.69, 9.17) is 5.73 Å². The van der Waals surface area contributed by atoms with Crippen LogP contribution < -0.4 is 10.6 Å². The zero-order chi connectivity index (χ0) is 13.1. The summed E-state index contributed by atoms with van der Waals surface area (Å²) in [5.41, 5.74) is 7.24. The van der Waals surface area contributed by atoms with Gasteiger partial charge in [0.25, 0.3) is 0 Å². The molecule has 18 heavy (non-hydrogen) atoms. The maximum absolute atomic E-state index is 12.3. The molecule has 1 heterocycles. The van der Waals surface area contributed by atoms with Crippen LogP contribution in [0.4, 0.5) is 16.2 Å². The number of anilines is 2. The Kier molecular flexibility index (Phi) is 3.75. The summed E-state index contributed by atoms with van der Waals surface area (Å²) in [6, 6.07) is 7.46. The Morgan fingerprint density at radius 3 is 2.39 bits per heavy atom. The number of nitrogens with zero attached hydrogens (tertiary/aromatic N) is 2. The van der Waals surface area contributed by atoms with Gasteiger partial charge in [0.2, 0.25) is 0 Å². The molecular formula is C14H21N3O. The van der Waals surface area contributed by atoms with Gasteiger partial charge in [-0.1, -0.05) is 6.92 Å². The number of urea groups is 1. The van der Waals surface area contributed by atoms with Gasteiger partial charge in [0.15, 0.2) is 0 Å². The molecule has 1 aliphatic rings. The smallest absolute Gasteiger partial charge is 0.324 e. The second kappa shape index (κ2) is 5.29. The zero-order valence-electron chi connectivity index (χ0n) is 11.1. The number of likely N-dealkylation sites (tertiary alicyclic amines) is 1. The molecule has 0 unspecified atom stereocenters. The van der Waals surface area contributed by atoms with Crippen LogP contribution >= 0.6 is 0 Å². The number of nitrogen functional groups attached to an aromatic ring is 1. The van der Waals surface area contributed by atoms with E-state index in [0.717, 1.165) is 37.5 Å². The van der Waals surface area contributed by atoms with Crippen LogP contribution in [0.15, 0.2) is 24.3 Å². The average Bonchev–Trinajstić information content (AvgIpc) is 2.39. The van der Waals surface area contributed by atoms with Crippen molar-refractivity contribution >= 4 is 17.4 Å². The zero-order valence-corrected chi connectivity index (χ0v) is 11.1. The third-order valence-corrected chi connectivity index (χ3v) is 3.62. The second-order valence-corrected chi connectivity index (χ2v) is 5.10. The lowest BCUT2D eigenvalue weighted by atomic mass is 9.99. The van der Waals surface area contributed by atoms with Gasteiger partial charge in [-0.05, 0) is 43.0 Å². The van der Waals surface area contributed by atoms with Crippen LogP contribution in [0.3, 0.4) is 0 Å². The molecule has 0 radical (unpaired) electrons. The summed E-state index contributed by atoms with van der Waals surface area (Å²) in [5, 5.41) is 0. The van der Waals surface area contributed by atoms with Gasteiger partial charge in [-0.15, -0.1) is 0 Å². The lowest BCUT2D eigenvalue weighted by Crippen LogP contribution is -2.45. The fraction of sp³-hybridized carbons (Fsp3) is 0.500. The van der Waals surface area contributed by atoms with Crippen molar-refractivity contribution in [1.29, 1.82) is 0 Å². The number of hydrogen-bond acceptors (Lipinski definition) is 2. The molecule has 2 amide bonds. The summed E-state index contributed by atoms with van der Waals surface area (Å²) < 4.78 is 0. The van der Waals surface area contributed by atoms with Crippen molar-refractivity contribution in [3.05, 3.63) is 24.3 Å². The highest BCUT2D eigenvalue weighted by Crippen LogP contribution is 2.20. The molecule has 1 saturated heterocycles. The molecule has 98 valence electrons. The van der Waals surface area contributed by atoms with E-state index in [0.29, 0.717) is 5.69 Å². The van der Waals surface area contributed by atoms with Crippen LogP contribution in [0.2, 0.25) is 0 Å². The van der Waals surface area contributed by atoms with E-state index >= 15 is 0 Å². The Balaban J connectivity index is 2.02. The van der Waals surface area contributed by atoms with E-state index in [9.17, 15) is 4.79 Å². The van der Waals surface area contributed by atoms with Crippen molar-refractivity contribution in [3.63, 3.8) is 0 Å². The van der Waals surface area contributed by atoms with Gasteiger partial charge >= 0.3 is 6.03 Å². The van der Waals surface area contributed by atoms with Crippen LogP contribution in [0.5, 0.6) is 0 Å². The number of amides is 2. The minimum absolute atomic E-state index is 0.0756. The SMILES string of the molecule is CC1CCN(C(=O)N(C)c2ccc(N)cc2)CC1. The van der Waals surface area contributed by atoms with E-state index in [1.165, 1.54) is 0 Å².